The second kappa shape index (κ2) is 4.79. The maximum Gasteiger partial charge on any atom is 0.137 e. The van der Waals surface area contributed by atoms with Gasteiger partial charge in [-0.15, -0.1) is 0 Å². The van der Waals surface area contributed by atoms with Crippen molar-refractivity contribution >= 4 is 11.6 Å². The highest BCUT2D eigenvalue weighted by molar-refractivity contribution is 6.32. The largest absolute Gasteiger partial charge is 0.506 e. The van der Waals surface area contributed by atoms with Crippen LogP contribution in [0.5, 0.6) is 5.75 Å². The molecule has 2 N–H and O–H groups in total. The van der Waals surface area contributed by atoms with Crippen molar-refractivity contribution in [2.24, 2.45) is 0 Å². The van der Waals surface area contributed by atoms with E-state index in [-0.39, 0.29) is 10.8 Å². The van der Waals surface area contributed by atoms with E-state index in [1.54, 1.807) is 6.20 Å². The van der Waals surface area contributed by atoms with Crippen molar-refractivity contribution in [3.8, 4) is 16.9 Å². The lowest BCUT2D eigenvalue weighted by Gasteiger charge is -2.17. The van der Waals surface area contributed by atoms with E-state index in [2.05, 4.69) is 10.3 Å². The number of pyridine rings is 1. The minimum atomic E-state index is -0.507. The summed E-state index contributed by atoms with van der Waals surface area (Å²) < 4.78 is 13.9. The normalized spacial score (nSPS) is 14.2. The molecular formula is C14H12ClFN2O. The number of hydrogen-bond acceptors (Lipinski definition) is 3. The Morgan fingerprint density at radius 2 is 2.16 bits per heavy atom. The summed E-state index contributed by atoms with van der Waals surface area (Å²) in [5.74, 6) is -0.761. The van der Waals surface area contributed by atoms with Crippen LogP contribution >= 0.6 is 11.6 Å². The SMILES string of the molecule is Oc1cc(F)c(-c2cnc3c(c2)CNCC3)cc1Cl. The molecule has 1 aromatic carbocycles. The van der Waals surface area contributed by atoms with Gasteiger partial charge in [0.2, 0.25) is 0 Å². The van der Waals surface area contributed by atoms with Gasteiger partial charge in [-0.3, -0.25) is 4.98 Å². The summed E-state index contributed by atoms with van der Waals surface area (Å²) in [5.41, 5.74) is 3.14. The summed E-state index contributed by atoms with van der Waals surface area (Å²) in [6.07, 6.45) is 2.53. The molecule has 0 atom stereocenters. The molecule has 3 nitrogen and oxygen atoms in total. The summed E-state index contributed by atoms with van der Waals surface area (Å²) in [6.45, 7) is 1.66. The molecule has 2 aromatic rings. The molecular weight excluding hydrogens is 267 g/mol. The molecule has 0 aliphatic carbocycles. The Kier molecular flexibility index (Phi) is 3.12. The second-order valence-corrected chi connectivity index (χ2v) is 4.95. The number of fused-ring (bicyclic) bond motifs is 1. The molecule has 0 radical (unpaired) electrons. The number of halogens is 2. The van der Waals surface area contributed by atoms with Gasteiger partial charge >= 0.3 is 0 Å². The predicted octanol–water partition coefficient (Wildman–Crippen LogP) is 2.89. The number of nitrogens with one attached hydrogen (secondary N) is 1. The molecule has 0 saturated heterocycles. The van der Waals surface area contributed by atoms with Gasteiger partial charge in [0.25, 0.3) is 0 Å². The zero-order valence-electron chi connectivity index (χ0n) is 10.1. The van der Waals surface area contributed by atoms with E-state index in [0.29, 0.717) is 11.1 Å². The Morgan fingerprint density at radius 1 is 1.32 bits per heavy atom. The zero-order valence-corrected chi connectivity index (χ0v) is 10.8. The number of phenols is 1. The van der Waals surface area contributed by atoms with Crippen LogP contribution in [-0.4, -0.2) is 16.6 Å². The van der Waals surface area contributed by atoms with Crippen LogP contribution in [0.1, 0.15) is 11.3 Å². The third-order valence-corrected chi connectivity index (χ3v) is 3.56. The molecule has 0 spiro atoms. The molecule has 98 valence electrons. The second-order valence-electron chi connectivity index (χ2n) is 4.54. The lowest BCUT2D eigenvalue weighted by molar-refractivity contribution is 0.469. The minimum Gasteiger partial charge on any atom is -0.506 e. The molecule has 1 aromatic heterocycles. The van der Waals surface area contributed by atoms with Crippen LogP contribution in [0.25, 0.3) is 11.1 Å². The van der Waals surface area contributed by atoms with E-state index in [9.17, 15) is 9.50 Å². The predicted molar refractivity (Wildman–Crippen MR) is 71.7 cm³/mol. The number of hydrogen-bond donors (Lipinski definition) is 2. The maximum atomic E-state index is 13.9. The number of phenolic OH excluding ortho intramolecular Hbond substituents is 1. The highest BCUT2D eigenvalue weighted by atomic mass is 35.5. The molecule has 1 aliphatic heterocycles. The molecule has 19 heavy (non-hydrogen) atoms. The minimum absolute atomic E-state index is 0.132. The van der Waals surface area contributed by atoms with E-state index >= 15 is 0 Å². The Bertz CT molecular complexity index is 646. The fourth-order valence-electron chi connectivity index (χ4n) is 2.25. The lowest BCUT2D eigenvalue weighted by Crippen LogP contribution is -2.24. The third kappa shape index (κ3) is 2.29. The standard InChI is InChI=1S/C14H12ClFN2O/c15-11-4-10(12(16)5-14(11)19)8-3-9-6-17-2-1-13(9)18-7-8/h3-5,7,17,19H,1-2,6H2. The Balaban J connectivity index is 2.09. The Hall–Kier alpha value is -1.65. The molecule has 2 heterocycles. The molecule has 5 heteroatoms. The van der Waals surface area contributed by atoms with Crippen molar-refractivity contribution in [3.05, 3.63) is 46.5 Å². The van der Waals surface area contributed by atoms with Gasteiger partial charge in [0, 0.05) is 48.6 Å². The van der Waals surface area contributed by atoms with Crippen molar-refractivity contribution in [1.29, 1.82) is 0 Å². The van der Waals surface area contributed by atoms with Crippen molar-refractivity contribution in [3.63, 3.8) is 0 Å². The molecule has 0 bridgehead atoms. The van der Waals surface area contributed by atoms with Crippen LogP contribution in [0.3, 0.4) is 0 Å². The quantitative estimate of drug-likeness (QED) is 0.843. The van der Waals surface area contributed by atoms with Crippen molar-refractivity contribution < 1.29 is 9.50 Å². The van der Waals surface area contributed by atoms with E-state index in [1.165, 1.54) is 6.07 Å². The Morgan fingerprint density at radius 3 is 3.00 bits per heavy atom. The first kappa shape index (κ1) is 12.4. The van der Waals surface area contributed by atoms with Crippen LogP contribution < -0.4 is 5.32 Å². The number of aromatic nitrogens is 1. The van der Waals surface area contributed by atoms with Gasteiger partial charge in [0.1, 0.15) is 11.6 Å². The number of nitrogens with zero attached hydrogens (tertiary/aromatic N) is 1. The molecule has 0 fully saturated rings. The first-order valence-corrected chi connectivity index (χ1v) is 6.40. The summed E-state index contributed by atoms with van der Waals surface area (Å²) >= 11 is 5.83. The van der Waals surface area contributed by atoms with Crippen LogP contribution in [0.4, 0.5) is 4.39 Å². The summed E-state index contributed by atoms with van der Waals surface area (Å²) in [7, 11) is 0. The average molecular weight is 279 g/mol. The lowest BCUT2D eigenvalue weighted by atomic mass is 10.0. The highest BCUT2D eigenvalue weighted by Gasteiger charge is 2.14. The molecule has 0 unspecified atom stereocenters. The first-order valence-electron chi connectivity index (χ1n) is 6.02. The average Bonchev–Trinajstić information content (AvgIpc) is 2.42. The van der Waals surface area contributed by atoms with Gasteiger partial charge in [-0.25, -0.2) is 4.39 Å². The van der Waals surface area contributed by atoms with E-state index in [4.69, 9.17) is 11.6 Å². The molecule has 1 aliphatic rings. The maximum absolute atomic E-state index is 13.9. The highest BCUT2D eigenvalue weighted by Crippen LogP contribution is 2.32. The van der Waals surface area contributed by atoms with E-state index in [1.807, 2.05) is 6.07 Å². The third-order valence-electron chi connectivity index (χ3n) is 3.26. The summed E-state index contributed by atoms with van der Waals surface area (Å²) in [5, 5.41) is 12.8. The molecule has 3 rings (SSSR count). The van der Waals surface area contributed by atoms with Crippen LogP contribution in [0.15, 0.2) is 24.4 Å². The van der Waals surface area contributed by atoms with Crippen molar-refractivity contribution in [1.82, 2.24) is 10.3 Å². The fourth-order valence-corrected chi connectivity index (χ4v) is 2.42. The van der Waals surface area contributed by atoms with Crippen molar-refractivity contribution in [2.45, 2.75) is 13.0 Å². The van der Waals surface area contributed by atoms with Crippen LogP contribution in [-0.2, 0) is 13.0 Å². The number of rotatable bonds is 1. The van der Waals surface area contributed by atoms with Gasteiger partial charge in [-0.2, -0.15) is 0 Å². The monoisotopic (exact) mass is 278 g/mol. The van der Waals surface area contributed by atoms with Crippen LogP contribution in [0, 0.1) is 5.82 Å². The van der Waals surface area contributed by atoms with Gasteiger partial charge in [0.05, 0.1) is 5.02 Å². The fraction of sp³-hybridized carbons (Fsp3) is 0.214. The van der Waals surface area contributed by atoms with Gasteiger partial charge < -0.3 is 10.4 Å². The topological polar surface area (TPSA) is 45.2 Å². The Labute approximate surface area is 115 Å². The molecule has 0 saturated carbocycles. The van der Waals surface area contributed by atoms with E-state index in [0.717, 1.165) is 36.8 Å². The number of benzene rings is 1. The molecule has 0 amide bonds. The van der Waals surface area contributed by atoms with Gasteiger partial charge in [-0.1, -0.05) is 11.6 Å². The first-order chi connectivity index (χ1) is 9.15. The van der Waals surface area contributed by atoms with E-state index < -0.39 is 5.82 Å². The summed E-state index contributed by atoms with van der Waals surface area (Å²) in [4.78, 5) is 4.38. The van der Waals surface area contributed by atoms with Crippen molar-refractivity contribution in [2.75, 3.05) is 6.54 Å². The van der Waals surface area contributed by atoms with Crippen LogP contribution in [0.2, 0.25) is 5.02 Å². The zero-order chi connectivity index (χ0) is 13.4. The van der Waals surface area contributed by atoms with Gasteiger partial charge in [-0.05, 0) is 17.7 Å². The number of aromatic hydroxyl groups is 1. The summed E-state index contributed by atoms with van der Waals surface area (Å²) in [6, 6.07) is 4.36. The smallest absolute Gasteiger partial charge is 0.137 e. The van der Waals surface area contributed by atoms with Gasteiger partial charge in [0.15, 0.2) is 0 Å².